The number of ether oxygens (including phenoxy) is 1. The molecule has 0 bridgehead atoms. The Hall–Kier alpha value is -0.870. The molecule has 84 valence electrons. The van der Waals surface area contributed by atoms with Crippen LogP contribution >= 0.6 is 0 Å². The third-order valence-corrected chi connectivity index (χ3v) is 3.12. The second-order valence-electron chi connectivity index (χ2n) is 4.12. The van der Waals surface area contributed by atoms with Crippen LogP contribution in [0.3, 0.4) is 0 Å². The first-order valence-corrected chi connectivity index (χ1v) is 5.47. The minimum Gasteiger partial charge on any atom is -0.392 e. The van der Waals surface area contributed by atoms with E-state index in [1.165, 1.54) is 0 Å². The van der Waals surface area contributed by atoms with E-state index < -0.39 is 0 Å². The van der Waals surface area contributed by atoms with Crippen molar-refractivity contribution in [1.82, 2.24) is 9.78 Å². The van der Waals surface area contributed by atoms with Gasteiger partial charge in [-0.25, -0.2) is 0 Å². The summed E-state index contributed by atoms with van der Waals surface area (Å²) in [5.41, 5.74) is 2.96. The summed E-state index contributed by atoms with van der Waals surface area (Å²) in [5, 5.41) is 13.7. The maximum absolute atomic E-state index is 9.23. The lowest BCUT2D eigenvalue weighted by Gasteiger charge is -2.23. The number of nitrogens with zero attached hydrogens (tertiary/aromatic N) is 2. The SMILES string of the molecule is Cc1nn(C2CCCOC2)c(C)c1CO. The molecule has 1 aromatic rings. The van der Waals surface area contributed by atoms with Crippen molar-refractivity contribution in [3.8, 4) is 0 Å². The molecule has 1 aliphatic rings. The molecule has 1 atom stereocenters. The number of aromatic nitrogens is 2. The summed E-state index contributed by atoms with van der Waals surface area (Å²) in [6.45, 7) is 5.64. The Morgan fingerprint density at radius 2 is 2.33 bits per heavy atom. The van der Waals surface area contributed by atoms with Crippen molar-refractivity contribution in [2.75, 3.05) is 13.2 Å². The molecule has 1 fully saturated rings. The molecular weight excluding hydrogens is 192 g/mol. The number of aryl methyl sites for hydroxylation is 1. The number of hydrogen-bond acceptors (Lipinski definition) is 3. The largest absolute Gasteiger partial charge is 0.392 e. The molecule has 1 aliphatic heterocycles. The van der Waals surface area contributed by atoms with Crippen molar-refractivity contribution in [3.63, 3.8) is 0 Å². The van der Waals surface area contributed by atoms with Crippen LogP contribution in [0.15, 0.2) is 0 Å². The Morgan fingerprint density at radius 1 is 1.53 bits per heavy atom. The van der Waals surface area contributed by atoms with Crippen LogP contribution in [0.5, 0.6) is 0 Å². The maximum Gasteiger partial charge on any atom is 0.0756 e. The van der Waals surface area contributed by atoms with Crippen molar-refractivity contribution in [1.29, 1.82) is 0 Å². The average molecular weight is 210 g/mol. The van der Waals surface area contributed by atoms with Crippen LogP contribution in [0.2, 0.25) is 0 Å². The van der Waals surface area contributed by atoms with E-state index >= 15 is 0 Å². The summed E-state index contributed by atoms with van der Waals surface area (Å²) < 4.78 is 7.46. The van der Waals surface area contributed by atoms with Gasteiger partial charge in [-0.3, -0.25) is 4.68 Å². The van der Waals surface area contributed by atoms with Crippen LogP contribution in [0, 0.1) is 13.8 Å². The van der Waals surface area contributed by atoms with E-state index in [0.29, 0.717) is 6.04 Å². The highest BCUT2D eigenvalue weighted by molar-refractivity contribution is 5.23. The normalized spacial score (nSPS) is 21.9. The Balaban J connectivity index is 2.27. The molecule has 0 radical (unpaired) electrons. The molecule has 0 saturated carbocycles. The highest BCUT2D eigenvalue weighted by Gasteiger charge is 2.20. The molecule has 0 spiro atoms. The van der Waals surface area contributed by atoms with Crippen LogP contribution < -0.4 is 0 Å². The standard InChI is InChI=1S/C11H18N2O2/c1-8-11(6-14)9(2)13(12-8)10-4-3-5-15-7-10/h10,14H,3-7H2,1-2H3. The molecule has 0 amide bonds. The van der Waals surface area contributed by atoms with Crippen molar-refractivity contribution < 1.29 is 9.84 Å². The minimum absolute atomic E-state index is 0.0746. The van der Waals surface area contributed by atoms with E-state index in [9.17, 15) is 5.11 Å². The van der Waals surface area contributed by atoms with Gasteiger partial charge in [0, 0.05) is 17.9 Å². The molecule has 1 saturated heterocycles. The third-order valence-electron chi connectivity index (χ3n) is 3.12. The van der Waals surface area contributed by atoms with Gasteiger partial charge in [0.25, 0.3) is 0 Å². The molecule has 1 N–H and O–H groups in total. The van der Waals surface area contributed by atoms with Crippen molar-refractivity contribution in [3.05, 3.63) is 17.0 Å². The molecule has 15 heavy (non-hydrogen) atoms. The number of rotatable bonds is 2. The van der Waals surface area contributed by atoms with E-state index in [2.05, 4.69) is 5.10 Å². The fourth-order valence-corrected chi connectivity index (χ4v) is 2.20. The van der Waals surface area contributed by atoms with Crippen molar-refractivity contribution >= 4 is 0 Å². The predicted molar refractivity (Wildman–Crippen MR) is 56.7 cm³/mol. The first kappa shape index (κ1) is 10.6. The number of aliphatic hydroxyl groups is 1. The zero-order valence-corrected chi connectivity index (χ0v) is 9.36. The van der Waals surface area contributed by atoms with Gasteiger partial charge in [0.2, 0.25) is 0 Å². The van der Waals surface area contributed by atoms with Crippen LogP contribution in [-0.2, 0) is 11.3 Å². The van der Waals surface area contributed by atoms with Gasteiger partial charge in [-0.1, -0.05) is 0 Å². The summed E-state index contributed by atoms with van der Waals surface area (Å²) in [6.07, 6.45) is 2.21. The molecule has 2 rings (SSSR count). The van der Waals surface area contributed by atoms with Gasteiger partial charge >= 0.3 is 0 Å². The first-order valence-electron chi connectivity index (χ1n) is 5.47. The van der Waals surface area contributed by atoms with Crippen molar-refractivity contribution in [2.24, 2.45) is 0 Å². The van der Waals surface area contributed by atoms with E-state index in [4.69, 9.17) is 4.74 Å². The van der Waals surface area contributed by atoms with E-state index in [1.54, 1.807) is 0 Å². The molecule has 4 heteroatoms. The van der Waals surface area contributed by atoms with Gasteiger partial charge in [0.05, 0.1) is 24.9 Å². The fraction of sp³-hybridized carbons (Fsp3) is 0.727. The van der Waals surface area contributed by atoms with Crippen LogP contribution in [0.25, 0.3) is 0 Å². The lowest BCUT2D eigenvalue weighted by atomic mass is 10.1. The van der Waals surface area contributed by atoms with Crippen LogP contribution in [-0.4, -0.2) is 28.1 Å². The van der Waals surface area contributed by atoms with Gasteiger partial charge in [-0.2, -0.15) is 5.10 Å². The topological polar surface area (TPSA) is 47.3 Å². The molecule has 4 nitrogen and oxygen atoms in total. The van der Waals surface area contributed by atoms with Crippen LogP contribution in [0.1, 0.15) is 35.8 Å². The number of aliphatic hydroxyl groups excluding tert-OH is 1. The lowest BCUT2D eigenvalue weighted by molar-refractivity contribution is 0.0540. The zero-order chi connectivity index (χ0) is 10.8. The highest BCUT2D eigenvalue weighted by atomic mass is 16.5. The second-order valence-corrected chi connectivity index (χ2v) is 4.12. The minimum atomic E-state index is 0.0746. The lowest BCUT2D eigenvalue weighted by Crippen LogP contribution is -2.23. The fourth-order valence-electron chi connectivity index (χ4n) is 2.20. The molecule has 1 aromatic heterocycles. The Morgan fingerprint density at radius 3 is 2.87 bits per heavy atom. The number of hydrogen-bond donors (Lipinski definition) is 1. The Kier molecular flexibility index (Phi) is 3.07. The van der Waals surface area contributed by atoms with Gasteiger partial charge < -0.3 is 9.84 Å². The Bertz CT molecular complexity index is 341. The van der Waals surface area contributed by atoms with Gasteiger partial charge in [-0.05, 0) is 26.7 Å². The monoisotopic (exact) mass is 210 g/mol. The quantitative estimate of drug-likeness (QED) is 0.801. The summed E-state index contributed by atoms with van der Waals surface area (Å²) in [5.74, 6) is 0. The van der Waals surface area contributed by atoms with Crippen LogP contribution in [0.4, 0.5) is 0 Å². The van der Waals surface area contributed by atoms with Gasteiger partial charge in [0.1, 0.15) is 0 Å². The van der Waals surface area contributed by atoms with Gasteiger partial charge in [0.15, 0.2) is 0 Å². The zero-order valence-electron chi connectivity index (χ0n) is 9.36. The Labute approximate surface area is 89.9 Å². The molecular formula is C11H18N2O2. The van der Waals surface area contributed by atoms with Gasteiger partial charge in [-0.15, -0.1) is 0 Å². The van der Waals surface area contributed by atoms with E-state index in [-0.39, 0.29) is 6.61 Å². The molecule has 0 aliphatic carbocycles. The molecule has 1 unspecified atom stereocenters. The summed E-state index contributed by atoms with van der Waals surface area (Å²) in [6, 6.07) is 0.345. The van der Waals surface area contributed by atoms with Crippen molar-refractivity contribution in [2.45, 2.75) is 39.3 Å². The summed E-state index contributed by atoms with van der Waals surface area (Å²) >= 11 is 0. The smallest absolute Gasteiger partial charge is 0.0756 e. The predicted octanol–water partition coefficient (Wildman–Crippen LogP) is 1.34. The average Bonchev–Trinajstić information content (AvgIpc) is 2.55. The summed E-state index contributed by atoms with van der Waals surface area (Å²) in [7, 11) is 0. The molecule has 0 aromatic carbocycles. The van der Waals surface area contributed by atoms with E-state index in [1.807, 2.05) is 18.5 Å². The molecule has 2 heterocycles. The maximum atomic E-state index is 9.23. The third kappa shape index (κ3) is 1.92. The van der Waals surface area contributed by atoms with E-state index in [0.717, 1.165) is 43.0 Å². The second kappa shape index (κ2) is 4.33. The highest BCUT2D eigenvalue weighted by Crippen LogP contribution is 2.23. The summed E-state index contributed by atoms with van der Waals surface area (Å²) in [4.78, 5) is 0. The first-order chi connectivity index (χ1) is 7.24.